The Bertz CT molecular complexity index is 1680. The van der Waals surface area contributed by atoms with Crippen LogP contribution in [0.25, 0.3) is 5.65 Å². The molecular weight excluding hydrogens is 600 g/mol. The minimum atomic E-state index is -4.38. The van der Waals surface area contributed by atoms with Crippen molar-refractivity contribution in [3.05, 3.63) is 65.7 Å². The summed E-state index contributed by atoms with van der Waals surface area (Å²) in [7, 11) is 0. The van der Waals surface area contributed by atoms with Crippen LogP contribution in [0.3, 0.4) is 0 Å². The highest BCUT2D eigenvalue weighted by atomic mass is 19.4. The van der Waals surface area contributed by atoms with E-state index >= 15 is 4.39 Å². The molecule has 3 N–H and O–H groups in total. The van der Waals surface area contributed by atoms with Gasteiger partial charge in [-0.3, -0.25) is 14.4 Å². The quantitative estimate of drug-likeness (QED) is 0.228. The van der Waals surface area contributed by atoms with E-state index in [2.05, 4.69) is 35.7 Å². The van der Waals surface area contributed by atoms with Crippen molar-refractivity contribution >= 4 is 23.5 Å². The molecule has 45 heavy (non-hydrogen) atoms. The van der Waals surface area contributed by atoms with Crippen LogP contribution in [0.4, 0.5) is 34.1 Å². The lowest BCUT2D eigenvalue weighted by Crippen LogP contribution is -2.53. The molecule has 2 aliphatic heterocycles. The highest BCUT2D eigenvalue weighted by molar-refractivity contribution is 5.69. The number of alkyl halides is 4. The van der Waals surface area contributed by atoms with Crippen molar-refractivity contribution in [3.63, 3.8) is 0 Å². The lowest BCUT2D eigenvalue weighted by molar-refractivity contribution is -0.137. The number of ether oxygens (including phenoxy) is 3. The molecule has 0 bridgehead atoms. The van der Waals surface area contributed by atoms with E-state index in [0.29, 0.717) is 48.5 Å². The molecule has 3 fully saturated rings. The molecule has 7 rings (SSSR count). The standard InChI is InChI=1S/C29H30F4N8O4/c1-28(7-8-28)37-27(42)45-21-15-43-25(24(21)30)20-10-22(39-38-20)36-26-34-9-6-23-35-17(12-41(23)26)11-40-13-19(14-40)44-18-4-2-16(3-5-18)29(31,32)33/h2-6,9-10,12,19,21,24-25H,7-8,11,13-15H2,1H3,(H,37,42)(H2,34,36,38,39)/t21-,24-,25-/m1/s1. The van der Waals surface area contributed by atoms with Gasteiger partial charge < -0.3 is 24.8 Å². The summed E-state index contributed by atoms with van der Waals surface area (Å²) in [5.74, 6) is 1.21. The van der Waals surface area contributed by atoms with Crippen molar-refractivity contribution < 1.29 is 36.6 Å². The smallest absolute Gasteiger partial charge is 0.416 e. The number of carbonyl (C=O) groups excluding carboxylic acids is 1. The van der Waals surface area contributed by atoms with Crippen LogP contribution in [0.5, 0.6) is 5.75 Å². The van der Waals surface area contributed by atoms with Crippen molar-refractivity contribution in [2.24, 2.45) is 0 Å². The normalized spacial score (nSPS) is 23.1. The van der Waals surface area contributed by atoms with Crippen molar-refractivity contribution in [2.75, 3.05) is 25.0 Å². The second-order valence-electron chi connectivity index (χ2n) is 11.8. The number of nitrogens with zero attached hydrogens (tertiary/aromatic N) is 5. The zero-order valence-electron chi connectivity index (χ0n) is 24.1. The predicted octanol–water partition coefficient (Wildman–Crippen LogP) is 4.53. The summed E-state index contributed by atoms with van der Waals surface area (Å²) in [4.78, 5) is 23.3. The summed E-state index contributed by atoms with van der Waals surface area (Å²) in [5.41, 5.74) is 0.833. The Balaban J connectivity index is 0.931. The van der Waals surface area contributed by atoms with Gasteiger partial charge in [0.2, 0.25) is 5.95 Å². The average molecular weight is 631 g/mol. The number of anilines is 2. The largest absolute Gasteiger partial charge is 0.488 e. The van der Waals surface area contributed by atoms with Crippen LogP contribution in [-0.2, 0) is 22.2 Å². The number of imidazole rings is 1. The number of halogens is 4. The fourth-order valence-electron chi connectivity index (χ4n) is 5.33. The van der Waals surface area contributed by atoms with Gasteiger partial charge in [0.05, 0.1) is 23.6 Å². The second-order valence-corrected chi connectivity index (χ2v) is 11.8. The second kappa shape index (κ2) is 11.2. The summed E-state index contributed by atoms with van der Waals surface area (Å²) in [5, 5.41) is 12.9. The molecule has 16 heteroatoms. The minimum Gasteiger partial charge on any atom is -0.488 e. The van der Waals surface area contributed by atoms with Gasteiger partial charge in [0.15, 0.2) is 18.1 Å². The molecule has 0 radical (unpaired) electrons. The molecule has 1 aromatic carbocycles. The van der Waals surface area contributed by atoms with E-state index in [4.69, 9.17) is 14.2 Å². The van der Waals surface area contributed by atoms with Gasteiger partial charge in [-0.2, -0.15) is 18.3 Å². The third-order valence-electron chi connectivity index (χ3n) is 8.12. The van der Waals surface area contributed by atoms with Gasteiger partial charge in [0, 0.05) is 43.6 Å². The minimum absolute atomic E-state index is 0.0740. The number of alkyl carbamates (subject to hydrolysis) is 1. The highest BCUT2D eigenvalue weighted by Gasteiger charge is 2.44. The maximum Gasteiger partial charge on any atom is 0.416 e. The maximum atomic E-state index is 15.1. The fourth-order valence-corrected chi connectivity index (χ4v) is 5.33. The summed E-state index contributed by atoms with van der Waals surface area (Å²) in [6.45, 7) is 3.57. The van der Waals surface area contributed by atoms with Crippen molar-refractivity contribution in [2.45, 2.75) is 62.5 Å². The third kappa shape index (κ3) is 6.38. The van der Waals surface area contributed by atoms with Gasteiger partial charge in [-0.05, 0) is 50.1 Å². The summed E-state index contributed by atoms with van der Waals surface area (Å²) >= 11 is 0. The van der Waals surface area contributed by atoms with Gasteiger partial charge >= 0.3 is 12.3 Å². The zero-order valence-corrected chi connectivity index (χ0v) is 24.1. The number of carbonyl (C=O) groups is 1. The Morgan fingerprint density at radius 3 is 2.71 bits per heavy atom. The number of rotatable bonds is 9. The molecular formula is C29H30F4N8O4. The Kier molecular flexibility index (Phi) is 7.27. The van der Waals surface area contributed by atoms with Gasteiger partial charge in [-0.15, -0.1) is 0 Å². The first-order valence-electron chi connectivity index (χ1n) is 14.5. The highest BCUT2D eigenvalue weighted by Crippen LogP contribution is 2.36. The Hall–Kier alpha value is -4.44. The molecule has 12 nitrogen and oxygen atoms in total. The molecule has 2 saturated heterocycles. The van der Waals surface area contributed by atoms with E-state index in [1.165, 1.54) is 12.1 Å². The lowest BCUT2D eigenvalue weighted by atomic mass is 10.1. The first-order chi connectivity index (χ1) is 21.5. The van der Waals surface area contributed by atoms with Crippen molar-refractivity contribution in [1.82, 2.24) is 34.8 Å². The lowest BCUT2D eigenvalue weighted by Gasteiger charge is -2.38. The van der Waals surface area contributed by atoms with Gasteiger partial charge in [-0.1, -0.05) is 0 Å². The van der Waals surface area contributed by atoms with E-state index in [1.54, 1.807) is 22.7 Å². The van der Waals surface area contributed by atoms with Crippen LogP contribution >= 0.6 is 0 Å². The van der Waals surface area contributed by atoms with Crippen molar-refractivity contribution in [3.8, 4) is 5.75 Å². The summed E-state index contributed by atoms with van der Waals surface area (Å²) in [6, 6.07) is 8.05. The molecule has 5 heterocycles. The van der Waals surface area contributed by atoms with Crippen LogP contribution in [0.1, 0.15) is 42.8 Å². The molecule has 3 aliphatic rings. The Morgan fingerprint density at radius 1 is 1.20 bits per heavy atom. The summed E-state index contributed by atoms with van der Waals surface area (Å²) in [6.07, 6.45) is -3.58. The van der Waals surface area contributed by atoms with E-state index in [9.17, 15) is 18.0 Å². The van der Waals surface area contributed by atoms with Crippen LogP contribution in [0, 0.1) is 0 Å². The molecule has 1 saturated carbocycles. The maximum absolute atomic E-state index is 15.1. The number of nitrogens with one attached hydrogen (secondary N) is 3. The topological polar surface area (TPSA) is 131 Å². The average Bonchev–Trinajstić information content (AvgIpc) is 3.30. The number of hydrogen-bond donors (Lipinski definition) is 3. The number of benzene rings is 1. The molecule has 0 spiro atoms. The van der Waals surface area contributed by atoms with Crippen LogP contribution in [-0.4, -0.2) is 79.2 Å². The van der Waals surface area contributed by atoms with Crippen molar-refractivity contribution in [1.29, 1.82) is 0 Å². The number of amides is 1. The van der Waals surface area contributed by atoms with E-state index in [1.807, 2.05) is 13.1 Å². The Labute approximate surface area is 254 Å². The number of aromatic nitrogens is 5. The number of H-pyrrole nitrogens is 1. The van der Waals surface area contributed by atoms with Gasteiger partial charge in [0.25, 0.3) is 0 Å². The van der Waals surface area contributed by atoms with Crippen LogP contribution < -0.4 is 15.4 Å². The van der Waals surface area contributed by atoms with Gasteiger partial charge in [-0.25, -0.2) is 19.2 Å². The number of aromatic amines is 1. The van der Waals surface area contributed by atoms with Crippen LogP contribution in [0.15, 0.2) is 48.8 Å². The third-order valence-corrected chi connectivity index (χ3v) is 8.12. The van der Waals surface area contributed by atoms with Crippen LogP contribution in [0.2, 0.25) is 0 Å². The first kappa shape index (κ1) is 29.3. The number of hydrogen-bond acceptors (Lipinski definition) is 9. The molecule has 1 amide bonds. The molecule has 4 aromatic rings. The molecule has 3 aromatic heterocycles. The Morgan fingerprint density at radius 2 is 1.98 bits per heavy atom. The summed E-state index contributed by atoms with van der Waals surface area (Å²) < 4.78 is 71.9. The molecule has 0 unspecified atom stereocenters. The van der Waals surface area contributed by atoms with E-state index in [0.717, 1.165) is 30.7 Å². The first-order valence-corrected chi connectivity index (χ1v) is 14.5. The van der Waals surface area contributed by atoms with E-state index < -0.39 is 36.2 Å². The SMILES string of the molecule is CC1(NC(=O)O[C@@H]2CO[C@H](c3cc(Nc4nccc5nc(CN6CC(Oc7ccc(C(F)(F)F)cc7)C6)cn45)n[nH]3)[C@@H]2F)CC1. The van der Waals surface area contributed by atoms with E-state index in [-0.39, 0.29) is 18.2 Å². The number of likely N-dealkylation sites (tertiary alicyclic amines) is 1. The monoisotopic (exact) mass is 630 g/mol. The predicted molar refractivity (Wildman–Crippen MR) is 151 cm³/mol. The van der Waals surface area contributed by atoms with Gasteiger partial charge in [0.1, 0.15) is 23.6 Å². The fraction of sp³-hybridized carbons (Fsp3) is 0.448. The molecule has 1 aliphatic carbocycles. The molecule has 238 valence electrons. The molecule has 3 atom stereocenters. The zero-order chi connectivity index (χ0) is 31.3. The number of fused-ring (bicyclic) bond motifs is 1.